The highest BCUT2D eigenvalue weighted by atomic mass is 32.1. The Morgan fingerprint density at radius 2 is 1.51 bits per heavy atom. The third-order valence-corrected chi connectivity index (χ3v) is 7.77. The Labute approximate surface area is 231 Å². The summed E-state index contributed by atoms with van der Waals surface area (Å²) in [6.07, 6.45) is 1.76. The summed E-state index contributed by atoms with van der Waals surface area (Å²) in [5, 5.41) is 0. The Morgan fingerprint density at radius 1 is 0.949 bits per heavy atom. The number of hydrogen-bond donors (Lipinski definition) is 1. The molecule has 2 N–H and O–H groups in total. The standard InChI is InChI=1S/C31H34N2O5S/c1-7-38-22-14-10-20(11-15-22)24-25(27(34)17(2)3)29(32)33-30(36)23(16-19-8-12-21(37-6)13-9-19)39-31(33)26(24)28(35)18(4)5/h8-18,24H,7,32H2,1-6H3. The molecule has 0 bridgehead atoms. The lowest BCUT2D eigenvalue weighted by Gasteiger charge is -2.29. The van der Waals surface area contributed by atoms with Gasteiger partial charge in [0.25, 0.3) is 5.56 Å². The van der Waals surface area contributed by atoms with Crippen LogP contribution in [0.15, 0.2) is 58.9 Å². The van der Waals surface area contributed by atoms with E-state index in [1.165, 1.54) is 15.9 Å². The van der Waals surface area contributed by atoms with Crippen molar-refractivity contribution in [1.82, 2.24) is 4.57 Å². The first-order chi connectivity index (χ1) is 18.6. The van der Waals surface area contributed by atoms with Crippen LogP contribution in [0.25, 0.3) is 17.5 Å². The Kier molecular flexibility index (Phi) is 8.25. The van der Waals surface area contributed by atoms with Crippen LogP contribution in [0.3, 0.4) is 0 Å². The first kappa shape index (κ1) is 28.1. The SMILES string of the molecule is CCOc1ccc(C2C(C(=O)C(C)C)=C(N)n3c(sc(=Cc4ccc(OC)cc4)c3=O)=C2C(=O)C(C)C)cc1. The van der Waals surface area contributed by atoms with Crippen molar-refractivity contribution in [2.75, 3.05) is 13.7 Å². The maximum absolute atomic E-state index is 13.8. The molecule has 1 aliphatic rings. The molecule has 0 radical (unpaired) electrons. The molecule has 1 aromatic heterocycles. The molecule has 8 heteroatoms. The van der Waals surface area contributed by atoms with E-state index in [1.54, 1.807) is 27.0 Å². The zero-order chi connectivity index (χ0) is 28.4. The summed E-state index contributed by atoms with van der Waals surface area (Å²) in [7, 11) is 1.59. The van der Waals surface area contributed by atoms with E-state index in [0.29, 0.717) is 32.9 Å². The molecule has 0 aliphatic carbocycles. The van der Waals surface area contributed by atoms with Crippen molar-refractivity contribution in [1.29, 1.82) is 0 Å². The minimum atomic E-state index is -0.711. The number of benzene rings is 2. The van der Waals surface area contributed by atoms with Crippen molar-refractivity contribution in [3.63, 3.8) is 0 Å². The van der Waals surface area contributed by atoms with Crippen molar-refractivity contribution < 1.29 is 19.1 Å². The van der Waals surface area contributed by atoms with Crippen molar-refractivity contribution in [2.45, 2.75) is 40.5 Å². The molecule has 1 atom stereocenters. The van der Waals surface area contributed by atoms with Gasteiger partial charge < -0.3 is 15.2 Å². The van der Waals surface area contributed by atoms with E-state index >= 15 is 0 Å². The van der Waals surface area contributed by atoms with E-state index in [9.17, 15) is 14.4 Å². The third-order valence-electron chi connectivity index (χ3n) is 6.67. The molecule has 204 valence electrons. The number of nitrogens with two attached hydrogens (primary N) is 1. The molecule has 1 unspecified atom stereocenters. The molecule has 0 fully saturated rings. The molecular weight excluding hydrogens is 512 g/mol. The number of thiazole rings is 1. The molecule has 1 aliphatic heterocycles. The van der Waals surface area contributed by atoms with E-state index in [1.807, 2.05) is 69.3 Å². The number of ketones is 2. The number of carbonyl (C=O) groups is 2. The summed E-state index contributed by atoms with van der Waals surface area (Å²) in [6.45, 7) is 9.63. The van der Waals surface area contributed by atoms with Gasteiger partial charge in [0.15, 0.2) is 11.6 Å². The first-order valence-corrected chi connectivity index (χ1v) is 13.8. The van der Waals surface area contributed by atoms with Crippen LogP contribution in [-0.4, -0.2) is 29.9 Å². The fourth-order valence-electron chi connectivity index (χ4n) is 4.66. The van der Waals surface area contributed by atoms with Gasteiger partial charge in [-0.15, -0.1) is 11.3 Å². The molecule has 4 rings (SSSR count). The number of hydrogen-bond acceptors (Lipinski definition) is 7. The summed E-state index contributed by atoms with van der Waals surface area (Å²) in [4.78, 5) is 41.2. The predicted octanol–water partition coefficient (Wildman–Crippen LogP) is 3.67. The highest BCUT2D eigenvalue weighted by molar-refractivity contribution is 7.07. The van der Waals surface area contributed by atoms with Crippen molar-refractivity contribution in [2.24, 2.45) is 17.6 Å². The lowest BCUT2D eigenvalue weighted by Crippen LogP contribution is -2.42. The Morgan fingerprint density at radius 3 is 2.05 bits per heavy atom. The number of carbonyl (C=O) groups excluding carboxylic acids is 2. The minimum absolute atomic E-state index is 0.0681. The van der Waals surface area contributed by atoms with Crippen LogP contribution in [0.2, 0.25) is 0 Å². The Hall–Kier alpha value is -3.91. The second kappa shape index (κ2) is 11.5. The maximum Gasteiger partial charge on any atom is 0.274 e. The highest BCUT2D eigenvalue weighted by Gasteiger charge is 2.39. The topological polar surface area (TPSA) is 101 Å². The Balaban J connectivity index is 2.08. The zero-order valence-corrected chi connectivity index (χ0v) is 23.9. The number of nitrogens with zero attached hydrogens (tertiary/aromatic N) is 1. The van der Waals surface area contributed by atoms with E-state index in [2.05, 4.69) is 0 Å². The number of allylic oxidation sites excluding steroid dienone is 1. The zero-order valence-electron chi connectivity index (χ0n) is 23.1. The summed E-state index contributed by atoms with van der Waals surface area (Å²) < 4.78 is 13.1. The van der Waals surface area contributed by atoms with Crippen molar-refractivity contribution in [3.8, 4) is 11.5 Å². The number of methoxy groups -OCH3 is 1. The van der Waals surface area contributed by atoms with Crippen LogP contribution >= 0.6 is 11.3 Å². The molecule has 2 aromatic carbocycles. The van der Waals surface area contributed by atoms with Crippen LogP contribution < -0.4 is 30.0 Å². The van der Waals surface area contributed by atoms with Gasteiger partial charge in [-0.3, -0.25) is 19.0 Å². The maximum atomic E-state index is 13.8. The molecule has 0 saturated heterocycles. The Bertz CT molecular complexity index is 1610. The second-order valence-corrected chi connectivity index (χ2v) is 11.0. The third kappa shape index (κ3) is 5.34. The lowest BCUT2D eigenvalue weighted by molar-refractivity contribution is -0.118. The molecule has 39 heavy (non-hydrogen) atoms. The van der Waals surface area contributed by atoms with Crippen LogP contribution in [0.1, 0.15) is 51.7 Å². The van der Waals surface area contributed by atoms with Crippen LogP contribution in [0, 0.1) is 11.8 Å². The number of fused-ring (bicyclic) bond motifs is 1. The van der Waals surface area contributed by atoms with E-state index in [0.717, 1.165) is 11.1 Å². The van der Waals surface area contributed by atoms with E-state index in [-0.39, 0.29) is 40.4 Å². The molecule has 7 nitrogen and oxygen atoms in total. The van der Waals surface area contributed by atoms with Crippen LogP contribution in [0.5, 0.6) is 11.5 Å². The number of ether oxygens (including phenoxy) is 2. The number of Topliss-reactive ketones (excluding diaryl/α,β-unsaturated/α-hetero) is 2. The molecule has 0 amide bonds. The highest BCUT2D eigenvalue weighted by Crippen LogP contribution is 2.40. The average Bonchev–Trinajstić information content (AvgIpc) is 3.24. The van der Waals surface area contributed by atoms with Crippen molar-refractivity contribution in [3.05, 3.63) is 84.8 Å². The normalized spacial score (nSPS) is 15.6. The van der Waals surface area contributed by atoms with Gasteiger partial charge in [0.2, 0.25) is 0 Å². The van der Waals surface area contributed by atoms with Gasteiger partial charge in [-0.1, -0.05) is 52.0 Å². The van der Waals surface area contributed by atoms with E-state index in [4.69, 9.17) is 15.2 Å². The molecule has 0 spiro atoms. The molecule has 3 aromatic rings. The molecule has 0 saturated carbocycles. The predicted molar refractivity (Wildman–Crippen MR) is 155 cm³/mol. The van der Waals surface area contributed by atoms with Gasteiger partial charge in [0.05, 0.1) is 18.2 Å². The van der Waals surface area contributed by atoms with E-state index < -0.39 is 5.92 Å². The fraction of sp³-hybridized carbons (Fsp3) is 0.323. The number of rotatable bonds is 9. The molecule has 2 heterocycles. The van der Waals surface area contributed by atoms with Gasteiger partial charge in [0, 0.05) is 28.9 Å². The van der Waals surface area contributed by atoms with Crippen LogP contribution in [0.4, 0.5) is 0 Å². The monoisotopic (exact) mass is 546 g/mol. The van der Waals surface area contributed by atoms with Gasteiger partial charge in [-0.25, -0.2) is 0 Å². The van der Waals surface area contributed by atoms with Gasteiger partial charge in [-0.05, 0) is 48.4 Å². The quantitative estimate of drug-likeness (QED) is 0.440. The van der Waals surface area contributed by atoms with Gasteiger partial charge in [0.1, 0.15) is 22.0 Å². The summed E-state index contributed by atoms with van der Waals surface area (Å²) in [6, 6.07) is 14.7. The van der Waals surface area contributed by atoms with Crippen LogP contribution in [-0.2, 0) is 9.59 Å². The number of aromatic nitrogens is 1. The summed E-state index contributed by atoms with van der Waals surface area (Å²) in [5.74, 6) is -0.344. The van der Waals surface area contributed by atoms with Gasteiger partial charge in [-0.2, -0.15) is 0 Å². The van der Waals surface area contributed by atoms with Gasteiger partial charge >= 0.3 is 0 Å². The smallest absolute Gasteiger partial charge is 0.274 e. The summed E-state index contributed by atoms with van der Waals surface area (Å²) in [5.41, 5.74) is 8.51. The summed E-state index contributed by atoms with van der Waals surface area (Å²) >= 11 is 1.21. The largest absolute Gasteiger partial charge is 0.497 e. The molecular formula is C31H34N2O5S. The second-order valence-electron chi connectivity index (χ2n) is 10.0. The lowest BCUT2D eigenvalue weighted by atomic mass is 9.76. The average molecular weight is 547 g/mol. The minimum Gasteiger partial charge on any atom is -0.497 e. The van der Waals surface area contributed by atoms with Crippen molar-refractivity contribution >= 4 is 40.4 Å². The first-order valence-electron chi connectivity index (χ1n) is 13.0. The fourth-order valence-corrected chi connectivity index (χ4v) is 5.85.